The van der Waals surface area contributed by atoms with Gasteiger partial charge in [0.15, 0.2) is 47.8 Å². The lowest BCUT2D eigenvalue weighted by Crippen LogP contribution is -2.65. The Morgan fingerprint density at radius 1 is 0.639 bits per heavy atom. The number of nitrogens with zero attached hydrogens (tertiary/aromatic N) is 6. The van der Waals surface area contributed by atoms with E-state index in [4.69, 9.17) is 56.8 Å². The fraction of sp³-hybridized carbons (Fsp3) is 0.680. The van der Waals surface area contributed by atoms with E-state index in [9.17, 15) is 19.2 Å². The van der Waals surface area contributed by atoms with Crippen molar-refractivity contribution >= 4 is 23.9 Å². The van der Waals surface area contributed by atoms with Crippen molar-refractivity contribution in [2.45, 2.75) is 55.9 Å². The minimum absolute atomic E-state index is 0.0148. The summed E-state index contributed by atoms with van der Waals surface area (Å²) < 4.78 is 74.6. The highest BCUT2D eigenvalue weighted by molar-refractivity contribution is 5.80. The molecule has 10 atom stereocenters. The van der Waals surface area contributed by atoms with Crippen LogP contribution in [0, 0.1) is 11.8 Å². The van der Waals surface area contributed by atoms with Crippen molar-refractivity contribution in [3.8, 4) is 28.7 Å². The smallest absolute Gasteiger partial charge is 0.325 e. The molecular weight excluding hydrogens is 941 g/mol. The number of likely N-dealkylation sites (N-methyl/N-ethyl adjacent to an activating group) is 3. The van der Waals surface area contributed by atoms with E-state index in [1.54, 1.807) is 19.1 Å². The van der Waals surface area contributed by atoms with Gasteiger partial charge >= 0.3 is 23.9 Å². The zero-order chi connectivity index (χ0) is 50.2. The summed E-state index contributed by atoms with van der Waals surface area (Å²) in [5.74, 6) is -2.70. The molecule has 0 N–H and O–H groups in total. The molecule has 0 spiro atoms. The Labute approximate surface area is 419 Å². The SMILES string of the molecule is COc1cc([C@@H]2c3cc4c(cc3[C@@H](OC3OC5COC(C)OC5C(OC(=O)CN5CCN(C)CC5)C3OC(=O)CN3CCN(C)CC3)C3COC(=O)[C@@H]32)OCO4)cc(OC)c1OC(=O)CN1CCN(C)CC1. The van der Waals surface area contributed by atoms with Crippen molar-refractivity contribution in [2.24, 2.45) is 11.8 Å². The van der Waals surface area contributed by atoms with Crippen LogP contribution in [0.5, 0.6) is 28.7 Å². The number of methoxy groups -OCH3 is 2. The molecule has 7 unspecified atom stereocenters. The highest BCUT2D eigenvalue weighted by atomic mass is 16.8. The number of cyclic esters (lactones) is 1. The first kappa shape index (κ1) is 50.6. The molecule has 0 radical (unpaired) electrons. The van der Waals surface area contributed by atoms with Crippen LogP contribution in [0.2, 0.25) is 0 Å². The van der Waals surface area contributed by atoms with Gasteiger partial charge in [-0.25, -0.2) is 0 Å². The first-order valence-electron chi connectivity index (χ1n) is 25.1. The van der Waals surface area contributed by atoms with Crippen LogP contribution in [-0.4, -0.2) is 244 Å². The van der Waals surface area contributed by atoms with Crippen LogP contribution >= 0.6 is 0 Å². The Kier molecular flexibility index (Phi) is 15.4. The summed E-state index contributed by atoms with van der Waals surface area (Å²) in [4.78, 5) is 68.7. The fourth-order valence-electron chi connectivity index (χ4n) is 11.1. The van der Waals surface area contributed by atoms with E-state index >= 15 is 0 Å². The maximum atomic E-state index is 14.3. The third kappa shape index (κ3) is 10.8. The summed E-state index contributed by atoms with van der Waals surface area (Å²) in [5, 5.41) is 0. The molecule has 22 heteroatoms. The van der Waals surface area contributed by atoms with Gasteiger partial charge in [0.05, 0.1) is 59.1 Å². The highest BCUT2D eigenvalue weighted by Crippen LogP contribution is 2.57. The highest BCUT2D eigenvalue weighted by Gasteiger charge is 2.58. The van der Waals surface area contributed by atoms with E-state index in [-0.39, 0.29) is 56.9 Å². The average Bonchev–Trinajstić information content (AvgIpc) is 4.00. The van der Waals surface area contributed by atoms with Crippen molar-refractivity contribution in [1.82, 2.24) is 29.4 Å². The number of esters is 4. The number of fused-ring (bicyclic) bond motifs is 4. The molecule has 22 nitrogen and oxygen atoms in total. The zero-order valence-corrected chi connectivity index (χ0v) is 42.0. The lowest BCUT2D eigenvalue weighted by Gasteiger charge is -2.49. The molecule has 0 saturated carbocycles. The summed E-state index contributed by atoms with van der Waals surface area (Å²) in [6.07, 6.45) is -7.16. The summed E-state index contributed by atoms with van der Waals surface area (Å²) in [5.41, 5.74) is 1.89. The van der Waals surface area contributed by atoms with Crippen molar-refractivity contribution < 1.29 is 76.0 Å². The van der Waals surface area contributed by atoms with Gasteiger partial charge in [0.25, 0.3) is 0 Å². The molecule has 10 rings (SSSR count). The topological polar surface area (TPSA) is 198 Å². The van der Waals surface area contributed by atoms with E-state index in [1.165, 1.54) is 14.2 Å². The second kappa shape index (κ2) is 21.9. The van der Waals surface area contributed by atoms with Gasteiger partial charge in [0.2, 0.25) is 12.5 Å². The van der Waals surface area contributed by atoms with Gasteiger partial charge in [-0.05, 0) is 69.0 Å². The monoisotopic (exact) mass is 1010 g/mol. The Morgan fingerprint density at radius 3 is 1.72 bits per heavy atom. The number of hydrogen-bond acceptors (Lipinski definition) is 22. The van der Waals surface area contributed by atoms with Gasteiger partial charge in [0, 0.05) is 90.4 Å². The Balaban J connectivity index is 0.994. The van der Waals surface area contributed by atoms with Crippen LogP contribution in [0.1, 0.15) is 35.6 Å². The Morgan fingerprint density at radius 2 is 1.17 bits per heavy atom. The molecule has 7 aliphatic heterocycles. The molecule has 2 aromatic rings. The minimum atomic E-state index is -1.36. The quantitative estimate of drug-likeness (QED) is 0.143. The molecule has 0 amide bonds. The van der Waals surface area contributed by atoms with E-state index in [0.717, 1.165) is 52.4 Å². The molecule has 0 aromatic heterocycles. The number of carbonyl (C=O) groups is 4. The lowest BCUT2D eigenvalue weighted by atomic mass is 9.66. The maximum absolute atomic E-state index is 14.3. The largest absolute Gasteiger partial charge is 0.493 e. The van der Waals surface area contributed by atoms with Crippen molar-refractivity contribution in [1.29, 1.82) is 0 Å². The number of carbonyl (C=O) groups excluding carboxylic acids is 4. The van der Waals surface area contributed by atoms with E-state index < -0.39 is 84.7 Å². The molecule has 72 heavy (non-hydrogen) atoms. The first-order valence-corrected chi connectivity index (χ1v) is 25.1. The predicted molar refractivity (Wildman–Crippen MR) is 252 cm³/mol. The molecule has 8 aliphatic rings. The molecule has 7 heterocycles. The zero-order valence-electron chi connectivity index (χ0n) is 42.0. The molecular formula is C50H68N6O16. The van der Waals surface area contributed by atoms with E-state index in [1.807, 2.05) is 48.0 Å². The predicted octanol–water partition coefficient (Wildman–Crippen LogP) is 0.382. The van der Waals surface area contributed by atoms with Crippen LogP contribution in [0.3, 0.4) is 0 Å². The number of hydrogen-bond donors (Lipinski definition) is 0. The van der Waals surface area contributed by atoms with Crippen molar-refractivity contribution in [2.75, 3.05) is 154 Å². The van der Waals surface area contributed by atoms with Gasteiger partial charge in [0.1, 0.15) is 12.2 Å². The van der Waals surface area contributed by atoms with Gasteiger partial charge in [-0.15, -0.1) is 0 Å². The second-order valence-electron chi connectivity index (χ2n) is 20.1. The summed E-state index contributed by atoms with van der Waals surface area (Å²) in [7, 11) is 9.08. The lowest BCUT2D eigenvalue weighted by molar-refractivity contribution is -0.365. The molecule has 394 valence electrons. The summed E-state index contributed by atoms with van der Waals surface area (Å²) >= 11 is 0. The van der Waals surface area contributed by atoms with Crippen LogP contribution in [0.15, 0.2) is 24.3 Å². The third-order valence-corrected chi connectivity index (χ3v) is 15.3. The third-order valence-electron chi connectivity index (χ3n) is 15.3. The number of benzene rings is 2. The molecule has 1 aliphatic carbocycles. The summed E-state index contributed by atoms with van der Waals surface area (Å²) in [6.45, 7) is 10.8. The molecule has 6 saturated heterocycles. The average molecular weight is 1010 g/mol. The normalized spacial score (nSPS) is 31.4. The number of ether oxygens (including phenoxy) is 12. The van der Waals surface area contributed by atoms with Crippen molar-refractivity contribution in [3.63, 3.8) is 0 Å². The standard InChI is InChI=1S/C50H68N6O16/c1-29-63-27-38-46(67-29)47(70-40(58)24-55-15-9-52(3)10-16-55)48(71-41(59)25-56-17-11-53(4)12-18-56)50(68-38)72-44-32-22-35-34(65-28-66-35)21-31(32)42(43-33(44)26-64-49(43)60)30-19-36(61-5)45(37(20-30)62-6)69-39(57)23-54-13-7-51(2)8-14-54/h19-22,29,33,38,42-44,46-48,50H,7-18,23-28H2,1-6H3/t29?,33?,38?,42-,43+,44-,46?,47?,48?,50?/m1/s1. The van der Waals surface area contributed by atoms with Crippen LogP contribution in [0.25, 0.3) is 0 Å². The maximum Gasteiger partial charge on any atom is 0.325 e. The van der Waals surface area contributed by atoms with E-state index in [2.05, 4.69) is 14.7 Å². The van der Waals surface area contributed by atoms with Gasteiger partial charge in [-0.3, -0.25) is 33.9 Å². The van der Waals surface area contributed by atoms with Gasteiger partial charge in [-0.1, -0.05) is 0 Å². The molecule has 0 bridgehead atoms. The number of piperazine rings is 3. The second-order valence-corrected chi connectivity index (χ2v) is 20.1. The van der Waals surface area contributed by atoms with Gasteiger partial charge in [-0.2, -0.15) is 0 Å². The first-order chi connectivity index (χ1) is 34.8. The van der Waals surface area contributed by atoms with Gasteiger partial charge < -0.3 is 71.5 Å². The molecule has 2 aromatic carbocycles. The Bertz CT molecular complexity index is 2280. The van der Waals surface area contributed by atoms with E-state index in [0.29, 0.717) is 54.4 Å². The van der Waals surface area contributed by atoms with Crippen LogP contribution < -0.4 is 23.7 Å². The summed E-state index contributed by atoms with van der Waals surface area (Å²) in [6, 6.07) is 7.16. The Hall–Kier alpha value is -4.88. The van der Waals surface area contributed by atoms with Crippen LogP contribution in [0.4, 0.5) is 0 Å². The number of rotatable bonds is 14. The molecule has 6 fully saturated rings. The van der Waals surface area contributed by atoms with Crippen molar-refractivity contribution in [3.05, 3.63) is 41.0 Å². The fourth-order valence-corrected chi connectivity index (χ4v) is 11.1. The minimum Gasteiger partial charge on any atom is -0.493 e. The van der Waals surface area contributed by atoms with Crippen LogP contribution in [-0.2, 0) is 52.3 Å².